The van der Waals surface area contributed by atoms with Crippen LogP contribution in [0, 0.1) is 6.92 Å². The number of rotatable bonds is 3. The highest BCUT2D eigenvalue weighted by Gasteiger charge is 2.16. The van der Waals surface area contributed by atoms with E-state index >= 15 is 0 Å². The molecular weight excluding hydrogens is 328 g/mol. The van der Waals surface area contributed by atoms with Crippen molar-refractivity contribution in [2.24, 2.45) is 0 Å². The summed E-state index contributed by atoms with van der Waals surface area (Å²) in [6.07, 6.45) is 0. The minimum atomic E-state index is -3.80. The van der Waals surface area contributed by atoms with Crippen LogP contribution in [0.5, 0.6) is 0 Å². The highest BCUT2D eigenvalue weighted by atomic mass is 35.5. The van der Waals surface area contributed by atoms with E-state index < -0.39 is 15.8 Å². The number of sulfonamides is 1. The lowest BCUT2D eigenvalue weighted by atomic mass is 10.2. The topological polar surface area (TPSA) is 92.2 Å². The van der Waals surface area contributed by atoms with Crippen molar-refractivity contribution in [3.8, 4) is 0 Å². The molecule has 0 amide bonds. The summed E-state index contributed by atoms with van der Waals surface area (Å²) in [6.45, 7) is 1.82. The number of aromatic amines is 1. The van der Waals surface area contributed by atoms with Gasteiger partial charge in [0.2, 0.25) is 0 Å². The van der Waals surface area contributed by atoms with E-state index in [1.807, 2.05) is 6.92 Å². The Kier molecular flexibility index (Phi) is 3.46. The van der Waals surface area contributed by atoms with Crippen molar-refractivity contribution in [2.75, 3.05) is 4.72 Å². The Hall–Kier alpha value is -2.25. The molecule has 114 valence electrons. The number of H-pyrrole nitrogens is 1. The summed E-state index contributed by atoms with van der Waals surface area (Å²) in [5, 5.41) is 0.467. The van der Waals surface area contributed by atoms with Gasteiger partial charge in [0.25, 0.3) is 10.0 Å². The van der Waals surface area contributed by atoms with Gasteiger partial charge in [-0.3, -0.25) is 9.71 Å². The molecule has 0 saturated carbocycles. The minimum absolute atomic E-state index is 0.00810. The quantitative estimate of drug-likeness (QED) is 0.768. The van der Waals surface area contributed by atoms with Gasteiger partial charge < -0.3 is 4.42 Å². The maximum Gasteiger partial charge on any atom is 0.417 e. The lowest BCUT2D eigenvalue weighted by Gasteiger charge is -2.09. The van der Waals surface area contributed by atoms with Crippen LogP contribution in [0.2, 0.25) is 5.02 Å². The van der Waals surface area contributed by atoms with E-state index in [1.54, 1.807) is 12.1 Å². The fourth-order valence-corrected chi connectivity index (χ4v) is 3.22. The van der Waals surface area contributed by atoms with Crippen LogP contribution in [0.3, 0.4) is 0 Å². The van der Waals surface area contributed by atoms with Crippen LogP contribution >= 0.6 is 11.6 Å². The Balaban J connectivity index is 1.99. The Morgan fingerprint density at radius 2 is 1.95 bits per heavy atom. The van der Waals surface area contributed by atoms with Crippen LogP contribution < -0.4 is 10.5 Å². The van der Waals surface area contributed by atoms with Crippen molar-refractivity contribution >= 4 is 38.4 Å². The number of aryl methyl sites for hydroxylation is 1. The van der Waals surface area contributed by atoms with Gasteiger partial charge >= 0.3 is 5.76 Å². The maximum atomic E-state index is 12.4. The highest BCUT2D eigenvalue weighted by Crippen LogP contribution is 2.23. The van der Waals surface area contributed by atoms with E-state index in [4.69, 9.17) is 16.0 Å². The van der Waals surface area contributed by atoms with Gasteiger partial charge in [0.15, 0.2) is 5.58 Å². The highest BCUT2D eigenvalue weighted by molar-refractivity contribution is 7.92. The average molecular weight is 339 g/mol. The van der Waals surface area contributed by atoms with Crippen LogP contribution in [0.25, 0.3) is 11.1 Å². The first-order valence-corrected chi connectivity index (χ1v) is 8.13. The van der Waals surface area contributed by atoms with Crippen LogP contribution in [0.15, 0.2) is 50.5 Å². The van der Waals surface area contributed by atoms with E-state index in [9.17, 15) is 13.2 Å². The SMILES string of the molecule is Cc1ccc(NS(=O)(=O)c2ccc3oc(=O)[nH]c3c2)cc1Cl. The molecule has 0 unspecified atom stereocenters. The van der Waals surface area contributed by atoms with Gasteiger partial charge in [-0.05, 0) is 42.8 Å². The van der Waals surface area contributed by atoms with Crippen molar-refractivity contribution in [1.82, 2.24) is 4.98 Å². The van der Waals surface area contributed by atoms with Gasteiger partial charge in [-0.15, -0.1) is 0 Å². The zero-order chi connectivity index (χ0) is 15.9. The summed E-state index contributed by atoms with van der Waals surface area (Å²) >= 11 is 5.98. The lowest BCUT2D eigenvalue weighted by Crippen LogP contribution is -2.12. The van der Waals surface area contributed by atoms with Crippen molar-refractivity contribution < 1.29 is 12.8 Å². The van der Waals surface area contributed by atoms with Crippen LogP contribution in [-0.4, -0.2) is 13.4 Å². The Bertz CT molecular complexity index is 1020. The number of hydrogen-bond acceptors (Lipinski definition) is 4. The first kappa shape index (κ1) is 14.7. The molecule has 8 heteroatoms. The number of fused-ring (bicyclic) bond motifs is 1. The third-order valence-corrected chi connectivity index (χ3v) is 4.91. The number of aromatic nitrogens is 1. The molecule has 22 heavy (non-hydrogen) atoms. The number of halogens is 1. The Morgan fingerprint density at radius 1 is 1.18 bits per heavy atom. The zero-order valence-electron chi connectivity index (χ0n) is 11.4. The summed E-state index contributed by atoms with van der Waals surface area (Å²) in [5.41, 5.74) is 1.82. The van der Waals surface area contributed by atoms with Gasteiger partial charge in [0.1, 0.15) is 0 Å². The van der Waals surface area contributed by atoms with E-state index in [1.165, 1.54) is 24.3 Å². The molecule has 3 aromatic rings. The second-order valence-corrected chi connectivity index (χ2v) is 6.83. The molecule has 2 N–H and O–H groups in total. The summed E-state index contributed by atoms with van der Waals surface area (Å²) in [6, 6.07) is 8.99. The second kappa shape index (κ2) is 5.19. The first-order valence-electron chi connectivity index (χ1n) is 6.27. The summed E-state index contributed by atoms with van der Waals surface area (Å²) in [5.74, 6) is -0.636. The zero-order valence-corrected chi connectivity index (χ0v) is 13.0. The molecule has 0 aliphatic carbocycles. The van der Waals surface area contributed by atoms with Gasteiger partial charge in [-0.2, -0.15) is 0 Å². The molecule has 0 atom stereocenters. The molecule has 2 aromatic carbocycles. The standard InChI is InChI=1S/C14H11ClN2O4S/c1-8-2-3-9(6-11(8)15)17-22(19,20)10-4-5-13-12(7-10)16-14(18)21-13/h2-7,17H,1H3,(H,16,18). The molecule has 0 fully saturated rings. The van der Waals surface area contributed by atoms with Crippen molar-refractivity contribution in [3.05, 3.63) is 57.5 Å². The molecular formula is C14H11ClN2O4S. The summed E-state index contributed by atoms with van der Waals surface area (Å²) in [7, 11) is -3.80. The number of benzene rings is 2. The van der Waals surface area contributed by atoms with Gasteiger partial charge in [0.05, 0.1) is 16.1 Å². The number of anilines is 1. The molecule has 0 aliphatic rings. The molecule has 0 radical (unpaired) electrons. The fourth-order valence-electron chi connectivity index (χ4n) is 1.97. The third-order valence-electron chi connectivity index (χ3n) is 3.12. The van der Waals surface area contributed by atoms with Gasteiger partial charge in [0, 0.05) is 5.02 Å². The summed E-state index contributed by atoms with van der Waals surface area (Å²) < 4.78 is 32.0. The fraction of sp³-hybridized carbons (Fsp3) is 0.0714. The van der Waals surface area contributed by atoms with E-state index in [2.05, 4.69) is 9.71 Å². The third kappa shape index (κ3) is 2.72. The van der Waals surface area contributed by atoms with Crippen LogP contribution in [0.1, 0.15) is 5.56 Å². The van der Waals surface area contributed by atoms with E-state index in [0.717, 1.165) is 5.56 Å². The molecule has 0 spiro atoms. The Labute approximate surface area is 130 Å². The van der Waals surface area contributed by atoms with Gasteiger partial charge in [-0.1, -0.05) is 17.7 Å². The van der Waals surface area contributed by atoms with Crippen molar-refractivity contribution in [3.63, 3.8) is 0 Å². The number of hydrogen-bond donors (Lipinski definition) is 2. The summed E-state index contributed by atoms with van der Waals surface area (Å²) in [4.78, 5) is 13.5. The van der Waals surface area contributed by atoms with Crippen molar-refractivity contribution in [2.45, 2.75) is 11.8 Å². The monoisotopic (exact) mass is 338 g/mol. The number of nitrogens with one attached hydrogen (secondary N) is 2. The van der Waals surface area contributed by atoms with Crippen LogP contribution in [0.4, 0.5) is 5.69 Å². The molecule has 1 heterocycles. The molecule has 0 aliphatic heterocycles. The van der Waals surface area contributed by atoms with Gasteiger partial charge in [-0.25, -0.2) is 13.2 Å². The first-order chi connectivity index (χ1) is 10.3. The Morgan fingerprint density at radius 3 is 2.68 bits per heavy atom. The predicted molar refractivity (Wildman–Crippen MR) is 83.8 cm³/mol. The maximum absolute atomic E-state index is 12.4. The molecule has 0 saturated heterocycles. The van der Waals surface area contributed by atoms with Crippen LogP contribution in [-0.2, 0) is 10.0 Å². The number of oxazole rings is 1. The molecule has 1 aromatic heterocycles. The molecule has 3 rings (SSSR count). The second-order valence-electron chi connectivity index (χ2n) is 4.74. The minimum Gasteiger partial charge on any atom is -0.408 e. The van der Waals surface area contributed by atoms with E-state index in [-0.39, 0.29) is 4.90 Å². The van der Waals surface area contributed by atoms with Crippen molar-refractivity contribution in [1.29, 1.82) is 0 Å². The normalized spacial score (nSPS) is 11.7. The lowest BCUT2D eigenvalue weighted by molar-refractivity contribution is 0.555. The predicted octanol–water partition coefficient (Wildman–Crippen LogP) is 2.88. The smallest absolute Gasteiger partial charge is 0.408 e. The molecule has 0 bridgehead atoms. The van der Waals surface area contributed by atoms with E-state index in [0.29, 0.717) is 21.8 Å². The average Bonchev–Trinajstić information content (AvgIpc) is 2.81. The largest absolute Gasteiger partial charge is 0.417 e. The molecule has 6 nitrogen and oxygen atoms in total.